The van der Waals surface area contributed by atoms with Gasteiger partial charge in [0.2, 0.25) is 0 Å². The van der Waals surface area contributed by atoms with Gasteiger partial charge in [0, 0.05) is 19.8 Å². The second kappa shape index (κ2) is 13.1. The van der Waals surface area contributed by atoms with Crippen molar-refractivity contribution in [3.05, 3.63) is 12.2 Å². The van der Waals surface area contributed by atoms with Crippen LogP contribution < -0.4 is 0 Å². The summed E-state index contributed by atoms with van der Waals surface area (Å²) in [6, 6.07) is 0. The minimum atomic E-state index is -0.965. The van der Waals surface area contributed by atoms with E-state index in [9.17, 15) is 0 Å². The van der Waals surface area contributed by atoms with E-state index in [-0.39, 0.29) is 5.92 Å². The van der Waals surface area contributed by atoms with Crippen LogP contribution in [0.3, 0.4) is 0 Å². The van der Waals surface area contributed by atoms with E-state index in [1.54, 1.807) is 0 Å². The SMILES string of the molecule is C=C(C)C(CCCCCCCC)C(OCC)(OCC)OCC. The number of ether oxygens (including phenoxy) is 3. The Morgan fingerprint density at radius 2 is 1.27 bits per heavy atom. The molecule has 3 heteroatoms. The van der Waals surface area contributed by atoms with Crippen LogP contribution in [0.15, 0.2) is 12.2 Å². The van der Waals surface area contributed by atoms with E-state index in [1.165, 1.54) is 32.1 Å². The molecule has 0 heterocycles. The van der Waals surface area contributed by atoms with Crippen molar-refractivity contribution in [2.24, 2.45) is 5.92 Å². The van der Waals surface area contributed by atoms with E-state index in [0.29, 0.717) is 19.8 Å². The Labute approximate surface area is 138 Å². The molecule has 0 aliphatic rings. The first kappa shape index (κ1) is 21.6. The van der Waals surface area contributed by atoms with Gasteiger partial charge in [-0.05, 0) is 34.1 Å². The first-order valence-corrected chi connectivity index (χ1v) is 9.15. The van der Waals surface area contributed by atoms with Gasteiger partial charge in [-0.3, -0.25) is 0 Å². The van der Waals surface area contributed by atoms with E-state index in [4.69, 9.17) is 14.2 Å². The van der Waals surface area contributed by atoms with Crippen molar-refractivity contribution in [1.82, 2.24) is 0 Å². The van der Waals surface area contributed by atoms with Crippen molar-refractivity contribution < 1.29 is 14.2 Å². The number of hydrogen-bond acceptors (Lipinski definition) is 3. The van der Waals surface area contributed by atoms with Gasteiger partial charge in [-0.15, -0.1) is 0 Å². The fourth-order valence-corrected chi connectivity index (χ4v) is 2.88. The van der Waals surface area contributed by atoms with Crippen LogP contribution in [0.1, 0.15) is 79.6 Å². The molecule has 0 N–H and O–H groups in total. The molecule has 0 saturated carbocycles. The average molecular weight is 315 g/mol. The monoisotopic (exact) mass is 314 g/mol. The van der Waals surface area contributed by atoms with Gasteiger partial charge in [-0.2, -0.15) is 0 Å². The van der Waals surface area contributed by atoms with E-state index in [2.05, 4.69) is 13.5 Å². The molecule has 0 aromatic rings. The summed E-state index contributed by atoms with van der Waals surface area (Å²) < 4.78 is 17.8. The zero-order chi connectivity index (χ0) is 16.8. The number of hydrogen-bond donors (Lipinski definition) is 0. The highest BCUT2D eigenvalue weighted by molar-refractivity contribution is 5.00. The molecule has 0 rings (SSSR count). The summed E-state index contributed by atoms with van der Waals surface area (Å²) in [5.41, 5.74) is 1.07. The Balaban J connectivity index is 4.71. The van der Waals surface area contributed by atoms with Gasteiger partial charge in [0.05, 0.1) is 5.92 Å². The molecular weight excluding hydrogens is 276 g/mol. The summed E-state index contributed by atoms with van der Waals surface area (Å²) in [6.07, 6.45) is 8.69. The maximum absolute atomic E-state index is 5.92. The maximum Gasteiger partial charge on any atom is 0.289 e. The third-order valence-electron chi connectivity index (χ3n) is 3.90. The maximum atomic E-state index is 5.92. The molecule has 0 aliphatic heterocycles. The van der Waals surface area contributed by atoms with Crippen LogP contribution in [0, 0.1) is 5.92 Å². The van der Waals surface area contributed by atoms with Gasteiger partial charge in [0.25, 0.3) is 5.97 Å². The van der Waals surface area contributed by atoms with Crippen molar-refractivity contribution in [3.8, 4) is 0 Å². The zero-order valence-corrected chi connectivity index (χ0v) is 15.6. The summed E-state index contributed by atoms with van der Waals surface area (Å²) in [5.74, 6) is -0.883. The fourth-order valence-electron chi connectivity index (χ4n) is 2.88. The lowest BCUT2D eigenvalue weighted by Gasteiger charge is -2.39. The van der Waals surface area contributed by atoms with Crippen LogP contribution in [-0.2, 0) is 14.2 Å². The van der Waals surface area contributed by atoms with Crippen molar-refractivity contribution in [2.45, 2.75) is 85.5 Å². The van der Waals surface area contributed by atoms with Crippen LogP contribution >= 0.6 is 0 Å². The summed E-state index contributed by atoms with van der Waals surface area (Å²) in [4.78, 5) is 0. The molecule has 0 saturated heterocycles. The second-order valence-corrected chi connectivity index (χ2v) is 5.86. The largest absolute Gasteiger partial charge is 0.327 e. The van der Waals surface area contributed by atoms with Crippen LogP contribution in [-0.4, -0.2) is 25.8 Å². The van der Waals surface area contributed by atoms with Gasteiger partial charge in [0.1, 0.15) is 0 Å². The van der Waals surface area contributed by atoms with Crippen LogP contribution in [0.25, 0.3) is 0 Å². The molecule has 0 fully saturated rings. The quantitative estimate of drug-likeness (QED) is 0.221. The number of rotatable bonds is 15. The highest BCUT2D eigenvalue weighted by Crippen LogP contribution is 2.35. The molecule has 0 amide bonds. The average Bonchev–Trinajstić information content (AvgIpc) is 2.46. The molecule has 0 aliphatic carbocycles. The van der Waals surface area contributed by atoms with Gasteiger partial charge in [-0.1, -0.05) is 57.6 Å². The summed E-state index contributed by atoms with van der Waals surface area (Å²) >= 11 is 0. The summed E-state index contributed by atoms with van der Waals surface area (Å²) in [7, 11) is 0. The molecule has 1 atom stereocenters. The first-order chi connectivity index (χ1) is 10.6. The Morgan fingerprint density at radius 1 is 0.818 bits per heavy atom. The lowest BCUT2D eigenvalue weighted by molar-refractivity contribution is -0.397. The standard InChI is InChI=1S/C19H38O3/c1-7-11-12-13-14-15-16-18(17(5)6)19(20-8-2,21-9-3)22-10-4/h18H,5,7-16H2,1-4,6H3. The molecule has 0 aromatic heterocycles. The van der Waals surface area contributed by atoms with Gasteiger partial charge in [-0.25, -0.2) is 0 Å². The van der Waals surface area contributed by atoms with Crippen LogP contribution in [0.2, 0.25) is 0 Å². The van der Waals surface area contributed by atoms with Gasteiger partial charge < -0.3 is 14.2 Å². The Hall–Kier alpha value is -0.380. The summed E-state index contributed by atoms with van der Waals surface area (Å²) in [6.45, 7) is 16.1. The molecule has 3 nitrogen and oxygen atoms in total. The van der Waals surface area contributed by atoms with E-state index >= 15 is 0 Å². The Kier molecular flexibility index (Phi) is 12.9. The van der Waals surface area contributed by atoms with Crippen molar-refractivity contribution in [1.29, 1.82) is 0 Å². The Bertz CT molecular complexity index is 259. The lowest BCUT2D eigenvalue weighted by atomic mass is 9.91. The molecule has 0 spiro atoms. The fraction of sp³-hybridized carbons (Fsp3) is 0.895. The topological polar surface area (TPSA) is 27.7 Å². The zero-order valence-electron chi connectivity index (χ0n) is 15.6. The molecular formula is C19H38O3. The van der Waals surface area contributed by atoms with Crippen molar-refractivity contribution in [3.63, 3.8) is 0 Å². The normalized spacial score (nSPS) is 13.3. The molecule has 0 bridgehead atoms. The molecule has 0 radical (unpaired) electrons. The predicted octanol–water partition coefficient (Wildman–Crippen LogP) is 5.69. The predicted molar refractivity (Wildman–Crippen MR) is 93.9 cm³/mol. The smallest absolute Gasteiger partial charge is 0.289 e. The molecule has 132 valence electrons. The van der Waals surface area contributed by atoms with Crippen LogP contribution in [0.4, 0.5) is 0 Å². The third kappa shape index (κ3) is 7.75. The molecule has 1 unspecified atom stereocenters. The minimum Gasteiger partial charge on any atom is -0.327 e. The Morgan fingerprint density at radius 3 is 1.68 bits per heavy atom. The van der Waals surface area contributed by atoms with Crippen molar-refractivity contribution >= 4 is 0 Å². The molecule has 0 aromatic carbocycles. The van der Waals surface area contributed by atoms with E-state index in [1.807, 2.05) is 27.7 Å². The highest BCUT2D eigenvalue weighted by Gasteiger charge is 2.42. The summed E-state index contributed by atoms with van der Waals surface area (Å²) in [5, 5.41) is 0. The van der Waals surface area contributed by atoms with Gasteiger partial charge in [0.15, 0.2) is 0 Å². The highest BCUT2D eigenvalue weighted by atomic mass is 16.9. The van der Waals surface area contributed by atoms with E-state index in [0.717, 1.165) is 18.4 Å². The van der Waals surface area contributed by atoms with E-state index < -0.39 is 5.97 Å². The van der Waals surface area contributed by atoms with Gasteiger partial charge >= 0.3 is 0 Å². The third-order valence-corrected chi connectivity index (χ3v) is 3.90. The van der Waals surface area contributed by atoms with Crippen LogP contribution in [0.5, 0.6) is 0 Å². The number of unbranched alkanes of at least 4 members (excludes halogenated alkanes) is 5. The first-order valence-electron chi connectivity index (χ1n) is 9.15. The second-order valence-electron chi connectivity index (χ2n) is 5.86. The lowest BCUT2D eigenvalue weighted by Crippen LogP contribution is -2.47. The minimum absolute atomic E-state index is 0.0820. The molecule has 22 heavy (non-hydrogen) atoms. The van der Waals surface area contributed by atoms with Crippen molar-refractivity contribution in [2.75, 3.05) is 19.8 Å².